The van der Waals surface area contributed by atoms with Crippen LogP contribution in [-0.2, 0) is 9.59 Å². The number of nitrogens with one attached hydrogen (secondary N) is 1. The normalized spacial score (nSPS) is 10.3. The Morgan fingerprint density at radius 2 is 1.60 bits per heavy atom. The monoisotopic (exact) mass is 279 g/mol. The maximum atomic E-state index is 10.8. The minimum Gasteiger partial charge on any atom is -0.361 e. The summed E-state index contributed by atoms with van der Waals surface area (Å²) in [6.07, 6.45) is 13.4. The molecule has 0 aromatic carbocycles. The Hall–Kier alpha value is -1.83. The first kappa shape index (κ1) is 18.2. The summed E-state index contributed by atoms with van der Waals surface area (Å²) < 4.78 is 0. The molecule has 0 saturated carbocycles. The molecule has 0 unspecified atom stereocenters. The summed E-state index contributed by atoms with van der Waals surface area (Å²) in [7, 11) is 0. The third kappa shape index (κ3) is 12.6. The lowest BCUT2D eigenvalue weighted by atomic mass is 10.1. The molecule has 0 rings (SSSR count). The van der Waals surface area contributed by atoms with Crippen LogP contribution in [-0.4, -0.2) is 18.4 Å². The van der Waals surface area contributed by atoms with Crippen molar-refractivity contribution in [2.45, 2.75) is 57.8 Å². The van der Waals surface area contributed by atoms with Crippen LogP contribution in [0.3, 0.4) is 0 Å². The summed E-state index contributed by atoms with van der Waals surface area (Å²) in [4.78, 5) is 21.3. The van der Waals surface area contributed by atoms with Crippen LogP contribution >= 0.6 is 0 Å². The Balaban J connectivity index is 3.22. The summed E-state index contributed by atoms with van der Waals surface area (Å²) in [6.45, 7) is 0.495. The number of allylic oxidation sites excluding steroid dienone is 2. The summed E-state index contributed by atoms with van der Waals surface area (Å²) in [5.41, 5.74) is 4.81. The molecule has 0 atom stereocenters. The predicted molar refractivity (Wildman–Crippen MR) is 78.5 cm³/mol. The largest absolute Gasteiger partial charge is 0.361 e. The van der Waals surface area contributed by atoms with Gasteiger partial charge in [0.2, 0.25) is 0 Å². The number of hydrogen-bond acceptors (Lipinski definition) is 3. The van der Waals surface area contributed by atoms with Gasteiger partial charge >= 0.3 is 11.8 Å². The average Bonchev–Trinajstić information content (AvgIpc) is 2.43. The molecule has 0 aliphatic carbocycles. The lowest BCUT2D eigenvalue weighted by Crippen LogP contribution is -2.36. The van der Waals surface area contributed by atoms with Gasteiger partial charge in [-0.25, -0.2) is 0 Å². The fourth-order valence-electron chi connectivity index (χ4n) is 1.73. The molecule has 3 N–H and O–H groups in total. The molecular weight excluding hydrogens is 254 g/mol. The zero-order valence-corrected chi connectivity index (χ0v) is 12.1. The number of rotatable bonds is 11. The highest BCUT2D eigenvalue weighted by Gasteiger charge is 2.05. The topological polar surface area (TPSA) is 96.0 Å². The molecule has 2 amide bonds. The van der Waals surface area contributed by atoms with Gasteiger partial charge in [-0.3, -0.25) is 9.59 Å². The Kier molecular flexibility index (Phi) is 12.4. The molecule has 0 spiro atoms. The van der Waals surface area contributed by atoms with E-state index in [1.165, 1.54) is 12.8 Å². The van der Waals surface area contributed by atoms with Crippen molar-refractivity contribution in [3.63, 3.8) is 0 Å². The van der Waals surface area contributed by atoms with Crippen LogP contribution in [0.4, 0.5) is 0 Å². The molecule has 5 heteroatoms. The fraction of sp³-hybridized carbons (Fsp3) is 0.667. The Bertz CT molecular complexity index is 346. The first-order chi connectivity index (χ1) is 9.68. The van der Waals surface area contributed by atoms with Gasteiger partial charge in [0.15, 0.2) is 0 Å². The second kappa shape index (κ2) is 13.6. The van der Waals surface area contributed by atoms with Gasteiger partial charge in [0.05, 0.1) is 6.07 Å². The zero-order chi connectivity index (χ0) is 15.1. The molecule has 0 radical (unpaired) electrons. The number of hydrogen-bond donors (Lipinski definition) is 2. The maximum absolute atomic E-state index is 10.8. The Morgan fingerprint density at radius 3 is 2.20 bits per heavy atom. The van der Waals surface area contributed by atoms with Crippen LogP contribution in [0.2, 0.25) is 0 Å². The van der Waals surface area contributed by atoms with Gasteiger partial charge in [-0.2, -0.15) is 5.26 Å². The van der Waals surface area contributed by atoms with Crippen molar-refractivity contribution in [2.75, 3.05) is 6.54 Å². The molecule has 5 nitrogen and oxygen atoms in total. The lowest BCUT2D eigenvalue weighted by molar-refractivity contribution is -0.137. The molecule has 0 aromatic rings. The summed E-state index contributed by atoms with van der Waals surface area (Å²) in [6, 6.07) is 2.15. The smallest absolute Gasteiger partial charge is 0.309 e. The number of nitrogens with zero attached hydrogens (tertiary/aromatic N) is 1. The van der Waals surface area contributed by atoms with Crippen molar-refractivity contribution in [1.29, 1.82) is 5.26 Å². The number of primary amides is 1. The molecule has 0 heterocycles. The van der Waals surface area contributed by atoms with E-state index in [-0.39, 0.29) is 0 Å². The van der Waals surface area contributed by atoms with Crippen LogP contribution in [0, 0.1) is 11.3 Å². The SMILES string of the molecule is N#CCCCCCCC=CCCCCNC(=O)C(N)=O. The number of nitriles is 1. The van der Waals surface area contributed by atoms with Crippen LogP contribution < -0.4 is 11.1 Å². The maximum Gasteiger partial charge on any atom is 0.309 e. The second-order valence-electron chi connectivity index (χ2n) is 4.70. The van der Waals surface area contributed by atoms with E-state index in [1.54, 1.807) is 0 Å². The van der Waals surface area contributed by atoms with Gasteiger partial charge in [0, 0.05) is 13.0 Å². The van der Waals surface area contributed by atoms with Gasteiger partial charge in [0.25, 0.3) is 0 Å². The highest BCUT2D eigenvalue weighted by Crippen LogP contribution is 2.06. The number of amides is 2. The van der Waals surface area contributed by atoms with Gasteiger partial charge in [-0.05, 0) is 38.5 Å². The van der Waals surface area contributed by atoms with Crippen molar-refractivity contribution in [2.24, 2.45) is 5.73 Å². The summed E-state index contributed by atoms with van der Waals surface area (Å²) >= 11 is 0. The molecular formula is C15H25N3O2. The van der Waals surface area contributed by atoms with Crippen molar-refractivity contribution >= 4 is 11.8 Å². The standard InChI is InChI=1S/C15H25N3O2/c16-12-10-8-6-4-2-1-3-5-7-9-11-13-18-15(20)14(17)19/h3,5H,1-2,4,6-11,13H2,(H2,17,19)(H,18,20). The van der Waals surface area contributed by atoms with E-state index in [9.17, 15) is 9.59 Å². The van der Waals surface area contributed by atoms with E-state index >= 15 is 0 Å². The molecule has 0 saturated heterocycles. The average molecular weight is 279 g/mol. The van der Waals surface area contributed by atoms with Crippen LogP contribution in [0.15, 0.2) is 12.2 Å². The highest BCUT2D eigenvalue weighted by atomic mass is 16.2. The number of carbonyl (C=O) groups is 2. The molecule has 0 aromatic heterocycles. The zero-order valence-electron chi connectivity index (χ0n) is 12.1. The third-order valence-corrected chi connectivity index (χ3v) is 2.88. The Morgan fingerprint density at radius 1 is 1.00 bits per heavy atom. The molecule has 112 valence electrons. The van der Waals surface area contributed by atoms with Gasteiger partial charge in [0.1, 0.15) is 0 Å². The van der Waals surface area contributed by atoms with E-state index < -0.39 is 11.8 Å². The molecule has 0 aliphatic rings. The highest BCUT2D eigenvalue weighted by molar-refractivity contribution is 6.34. The van der Waals surface area contributed by atoms with Crippen LogP contribution in [0.25, 0.3) is 0 Å². The van der Waals surface area contributed by atoms with Crippen LogP contribution in [0.5, 0.6) is 0 Å². The number of unbranched alkanes of at least 4 members (excludes halogenated alkanes) is 7. The van der Waals surface area contributed by atoms with Crippen LogP contribution in [0.1, 0.15) is 57.8 Å². The first-order valence-corrected chi connectivity index (χ1v) is 7.28. The van der Waals surface area contributed by atoms with Crippen molar-refractivity contribution in [3.8, 4) is 6.07 Å². The Labute approximate surface area is 121 Å². The molecule has 0 bridgehead atoms. The quantitative estimate of drug-likeness (QED) is 0.344. The van der Waals surface area contributed by atoms with Gasteiger partial charge < -0.3 is 11.1 Å². The number of carbonyl (C=O) groups excluding carboxylic acids is 2. The van der Waals surface area contributed by atoms with E-state index in [2.05, 4.69) is 23.5 Å². The van der Waals surface area contributed by atoms with E-state index in [1.807, 2.05) is 0 Å². The lowest BCUT2D eigenvalue weighted by Gasteiger charge is -2.00. The first-order valence-electron chi connectivity index (χ1n) is 7.28. The third-order valence-electron chi connectivity index (χ3n) is 2.88. The number of nitrogens with two attached hydrogens (primary N) is 1. The van der Waals surface area contributed by atoms with Crippen molar-refractivity contribution in [3.05, 3.63) is 12.2 Å². The van der Waals surface area contributed by atoms with Crippen molar-refractivity contribution < 1.29 is 9.59 Å². The summed E-state index contributed by atoms with van der Waals surface area (Å²) in [5, 5.41) is 10.8. The van der Waals surface area contributed by atoms with E-state index in [4.69, 9.17) is 11.0 Å². The minimum absolute atomic E-state index is 0.495. The van der Waals surface area contributed by atoms with Crippen molar-refractivity contribution in [1.82, 2.24) is 5.32 Å². The van der Waals surface area contributed by atoms with Gasteiger partial charge in [-0.1, -0.05) is 25.0 Å². The molecule has 0 aliphatic heterocycles. The summed E-state index contributed by atoms with van der Waals surface area (Å²) in [5.74, 6) is -1.64. The molecule has 20 heavy (non-hydrogen) atoms. The fourth-order valence-corrected chi connectivity index (χ4v) is 1.73. The van der Waals surface area contributed by atoms with E-state index in [0.29, 0.717) is 13.0 Å². The predicted octanol–water partition coefficient (Wildman–Crippen LogP) is 2.18. The molecule has 0 fully saturated rings. The van der Waals surface area contributed by atoms with E-state index in [0.717, 1.165) is 38.5 Å². The minimum atomic E-state index is -0.931. The second-order valence-corrected chi connectivity index (χ2v) is 4.70. The van der Waals surface area contributed by atoms with Gasteiger partial charge in [-0.15, -0.1) is 0 Å².